The second kappa shape index (κ2) is 10.5. The number of sulfone groups is 1. The van der Waals surface area contributed by atoms with Crippen molar-refractivity contribution in [3.05, 3.63) is 64.2 Å². The molecule has 4 nitrogen and oxygen atoms in total. The van der Waals surface area contributed by atoms with Crippen LogP contribution >= 0.6 is 0 Å². The van der Waals surface area contributed by atoms with E-state index in [1.165, 1.54) is 0 Å². The number of nitrogens with zero attached hydrogens (tertiary/aromatic N) is 1. The van der Waals surface area contributed by atoms with Crippen LogP contribution in [-0.2, 0) is 21.1 Å². The van der Waals surface area contributed by atoms with Gasteiger partial charge in [0.05, 0.1) is 4.90 Å². The molecular weight excluding hydrogens is 418 g/mol. The van der Waals surface area contributed by atoms with E-state index >= 15 is 0 Å². The Bertz CT molecular complexity index is 1080. The fourth-order valence-electron chi connectivity index (χ4n) is 3.83. The summed E-state index contributed by atoms with van der Waals surface area (Å²) in [6.45, 7) is 10.3. The van der Waals surface area contributed by atoms with Crippen molar-refractivity contribution in [1.29, 1.82) is 0 Å². The molecule has 0 aliphatic heterocycles. The van der Waals surface area contributed by atoms with E-state index in [-0.39, 0.29) is 35.0 Å². The number of terminal acetylenes is 1. The Balaban J connectivity index is 2.31. The second-order valence-corrected chi connectivity index (χ2v) is 11.3. The second-order valence-electron chi connectivity index (χ2n) is 9.27. The number of ketones is 1. The average molecular weight is 454 g/mol. The van der Waals surface area contributed by atoms with Gasteiger partial charge in [0.15, 0.2) is 15.6 Å². The Hall–Kier alpha value is -2.42. The van der Waals surface area contributed by atoms with Crippen LogP contribution in [0.3, 0.4) is 0 Å². The molecular formula is C27H35NO3S. The number of benzene rings is 2. The van der Waals surface area contributed by atoms with Gasteiger partial charge >= 0.3 is 0 Å². The lowest BCUT2D eigenvalue weighted by atomic mass is 9.85. The third-order valence-electron chi connectivity index (χ3n) is 5.95. The Kier molecular flexibility index (Phi) is 8.45. The van der Waals surface area contributed by atoms with Crippen molar-refractivity contribution in [2.75, 3.05) is 19.8 Å². The predicted octanol–water partition coefficient (Wildman–Crippen LogP) is 5.12. The van der Waals surface area contributed by atoms with Crippen molar-refractivity contribution in [3.63, 3.8) is 0 Å². The van der Waals surface area contributed by atoms with Crippen molar-refractivity contribution in [2.24, 2.45) is 0 Å². The molecule has 0 aliphatic rings. The molecule has 0 spiro atoms. The van der Waals surface area contributed by atoms with Crippen molar-refractivity contribution in [2.45, 2.75) is 63.8 Å². The van der Waals surface area contributed by atoms with E-state index < -0.39 is 15.6 Å². The fourth-order valence-corrected chi connectivity index (χ4v) is 5.07. The van der Waals surface area contributed by atoms with Crippen LogP contribution in [0.5, 0.6) is 0 Å². The molecule has 0 amide bonds. The summed E-state index contributed by atoms with van der Waals surface area (Å²) in [6, 6.07) is 10.9. The molecule has 172 valence electrons. The molecule has 0 aliphatic carbocycles. The normalized spacial score (nSPS) is 12.9. The van der Waals surface area contributed by atoms with Crippen molar-refractivity contribution >= 4 is 15.6 Å². The van der Waals surface area contributed by atoms with E-state index in [0.29, 0.717) is 0 Å². The van der Waals surface area contributed by atoms with Crippen molar-refractivity contribution in [1.82, 2.24) is 4.90 Å². The molecule has 2 aromatic carbocycles. The highest BCUT2D eigenvalue weighted by molar-refractivity contribution is 7.92. The quantitative estimate of drug-likeness (QED) is 0.494. The summed E-state index contributed by atoms with van der Waals surface area (Å²) in [5.41, 5.74) is 4.74. The molecule has 1 atom stereocenters. The SMILES string of the molecule is C#Cc1cc(C(C)C)c(CC(=O)CS(=O)(=O)c2ccc(C(C)N(C)C)cc2)c(C(C)C)c1. The van der Waals surface area contributed by atoms with E-state index in [4.69, 9.17) is 6.42 Å². The topological polar surface area (TPSA) is 54.5 Å². The maximum atomic E-state index is 12.9. The Labute approximate surface area is 194 Å². The molecule has 2 rings (SSSR count). The first-order chi connectivity index (χ1) is 14.9. The Morgan fingerprint density at radius 2 is 1.47 bits per heavy atom. The third kappa shape index (κ3) is 6.09. The van der Waals surface area contributed by atoms with E-state index in [1.54, 1.807) is 12.1 Å². The van der Waals surface area contributed by atoms with Gasteiger partial charge in [0, 0.05) is 18.0 Å². The molecule has 0 radical (unpaired) electrons. The first-order valence-electron chi connectivity index (χ1n) is 11.0. The molecule has 2 aromatic rings. The minimum Gasteiger partial charge on any atom is -0.303 e. The van der Waals surface area contributed by atoms with Gasteiger partial charge in [-0.05, 0) is 79.4 Å². The lowest BCUT2D eigenvalue weighted by Gasteiger charge is -2.21. The first-order valence-corrected chi connectivity index (χ1v) is 12.7. The predicted molar refractivity (Wildman–Crippen MR) is 132 cm³/mol. The first kappa shape index (κ1) is 25.8. The summed E-state index contributed by atoms with van der Waals surface area (Å²) >= 11 is 0. The zero-order chi connectivity index (χ0) is 24.2. The minimum absolute atomic E-state index is 0.0842. The molecule has 0 aromatic heterocycles. The van der Waals surface area contributed by atoms with Gasteiger partial charge in [0.25, 0.3) is 0 Å². The highest BCUT2D eigenvalue weighted by atomic mass is 32.2. The fraction of sp³-hybridized carbons (Fsp3) is 0.444. The van der Waals surface area contributed by atoms with Crippen LogP contribution in [0.1, 0.15) is 80.3 Å². The van der Waals surface area contributed by atoms with Gasteiger partial charge in [0.1, 0.15) is 5.75 Å². The summed E-state index contributed by atoms with van der Waals surface area (Å²) in [6.07, 6.45) is 5.72. The molecule has 1 unspecified atom stereocenters. The Morgan fingerprint density at radius 3 is 1.88 bits per heavy atom. The van der Waals surface area contributed by atoms with Gasteiger partial charge in [-0.3, -0.25) is 4.79 Å². The standard InChI is InChI=1S/C27H35NO3S/c1-9-21-14-25(18(2)3)27(26(15-21)19(4)5)16-23(29)17-32(30,31)24-12-10-22(11-13-24)20(6)28(7)8/h1,10-15,18-20H,16-17H2,2-8H3. The number of hydrogen-bond donors (Lipinski definition) is 0. The van der Waals surface area contributed by atoms with E-state index in [0.717, 1.165) is 27.8 Å². The maximum Gasteiger partial charge on any atom is 0.185 e. The van der Waals surface area contributed by atoms with Gasteiger partial charge in [-0.1, -0.05) is 45.7 Å². The average Bonchev–Trinajstić information content (AvgIpc) is 2.72. The number of Topliss-reactive ketones (excluding diaryl/α,β-unsaturated/α-hetero) is 1. The van der Waals surface area contributed by atoms with Gasteiger partial charge < -0.3 is 4.90 Å². The summed E-state index contributed by atoms with van der Waals surface area (Å²) < 4.78 is 25.9. The van der Waals surface area contributed by atoms with Gasteiger partial charge in [-0.25, -0.2) is 8.42 Å². The van der Waals surface area contributed by atoms with Crippen LogP contribution in [0.25, 0.3) is 0 Å². The number of rotatable bonds is 9. The monoisotopic (exact) mass is 453 g/mol. The van der Waals surface area contributed by atoms with Crippen LogP contribution in [0.4, 0.5) is 0 Å². The molecule has 0 N–H and O–H groups in total. The third-order valence-corrected chi connectivity index (χ3v) is 7.64. The Morgan fingerprint density at radius 1 is 0.969 bits per heavy atom. The van der Waals surface area contributed by atoms with Gasteiger partial charge in [0.2, 0.25) is 0 Å². The van der Waals surface area contributed by atoms with Gasteiger partial charge in [-0.15, -0.1) is 6.42 Å². The lowest BCUT2D eigenvalue weighted by molar-refractivity contribution is -0.116. The molecule has 5 heteroatoms. The minimum atomic E-state index is -3.72. The summed E-state index contributed by atoms with van der Waals surface area (Å²) in [7, 11) is 0.229. The van der Waals surface area contributed by atoms with Crippen LogP contribution < -0.4 is 0 Å². The molecule has 0 bridgehead atoms. The maximum absolute atomic E-state index is 12.9. The van der Waals surface area contributed by atoms with Crippen molar-refractivity contribution in [3.8, 4) is 12.3 Å². The van der Waals surface area contributed by atoms with Crippen LogP contribution in [0, 0.1) is 12.3 Å². The van der Waals surface area contributed by atoms with Gasteiger partial charge in [-0.2, -0.15) is 0 Å². The van der Waals surface area contributed by atoms with Crippen molar-refractivity contribution < 1.29 is 13.2 Å². The molecule has 0 saturated carbocycles. The van der Waals surface area contributed by atoms with E-state index in [1.807, 2.05) is 38.4 Å². The lowest BCUT2D eigenvalue weighted by Crippen LogP contribution is -2.20. The number of carbonyl (C=O) groups excluding carboxylic acids is 1. The summed E-state index contributed by atoms with van der Waals surface area (Å²) in [4.78, 5) is 15.2. The number of hydrogen-bond acceptors (Lipinski definition) is 4. The summed E-state index contributed by atoms with van der Waals surface area (Å²) in [5.74, 6) is 2.21. The zero-order valence-corrected chi connectivity index (χ0v) is 21.1. The summed E-state index contributed by atoms with van der Waals surface area (Å²) in [5, 5.41) is 0. The molecule has 0 heterocycles. The highest BCUT2D eigenvalue weighted by Crippen LogP contribution is 2.30. The van der Waals surface area contributed by atoms with E-state index in [9.17, 15) is 13.2 Å². The molecule has 32 heavy (non-hydrogen) atoms. The van der Waals surface area contributed by atoms with E-state index in [2.05, 4.69) is 45.4 Å². The van der Waals surface area contributed by atoms with Crippen LogP contribution in [0.15, 0.2) is 41.3 Å². The zero-order valence-electron chi connectivity index (χ0n) is 20.3. The smallest absolute Gasteiger partial charge is 0.185 e. The van der Waals surface area contributed by atoms with Crippen LogP contribution in [-0.4, -0.2) is 38.9 Å². The largest absolute Gasteiger partial charge is 0.303 e. The molecule has 0 fully saturated rings. The number of carbonyl (C=O) groups is 1. The van der Waals surface area contributed by atoms with Crippen LogP contribution in [0.2, 0.25) is 0 Å². The molecule has 0 saturated heterocycles. The highest BCUT2D eigenvalue weighted by Gasteiger charge is 2.23.